The van der Waals surface area contributed by atoms with E-state index in [1.54, 1.807) is 6.07 Å². The Hall–Kier alpha value is -1.51. The molecule has 1 saturated carbocycles. The van der Waals surface area contributed by atoms with E-state index in [0.29, 0.717) is 5.92 Å². The largest absolute Gasteiger partial charge is 0.399 e. The number of rotatable bonds is 4. The average molecular weight is 218 g/mol. The highest BCUT2D eigenvalue weighted by molar-refractivity contribution is 5.96. The lowest BCUT2D eigenvalue weighted by Crippen LogP contribution is -2.25. The maximum atomic E-state index is 11.9. The van der Waals surface area contributed by atoms with Crippen molar-refractivity contribution in [3.8, 4) is 0 Å². The number of hydrogen-bond acceptors (Lipinski definition) is 2. The fraction of sp³-hybridized carbons (Fsp3) is 0.462. The number of carbonyl (C=O) groups is 1. The van der Waals surface area contributed by atoms with Gasteiger partial charge in [-0.25, -0.2) is 0 Å². The lowest BCUT2D eigenvalue weighted by atomic mass is 10.0. The van der Waals surface area contributed by atoms with Crippen molar-refractivity contribution >= 4 is 11.6 Å². The molecule has 1 aromatic carbocycles. The van der Waals surface area contributed by atoms with E-state index >= 15 is 0 Å². The van der Waals surface area contributed by atoms with Gasteiger partial charge in [0, 0.05) is 17.8 Å². The molecule has 2 rings (SSSR count). The highest BCUT2D eigenvalue weighted by atomic mass is 16.1. The molecule has 0 aliphatic heterocycles. The van der Waals surface area contributed by atoms with E-state index in [1.165, 1.54) is 12.8 Å². The van der Waals surface area contributed by atoms with Crippen LogP contribution in [0.4, 0.5) is 5.69 Å². The number of hydrogen-bond donors (Lipinski definition) is 2. The Morgan fingerprint density at radius 1 is 1.50 bits per heavy atom. The standard InChI is InChI=1S/C13H18N2O/c1-2-7-15-13(16)11-6-5-10(14)8-12(11)9-3-4-9/h5-6,8-9H,2-4,7,14H2,1H3,(H,15,16). The van der Waals surface area contributed by atoms with Gasteiger partial charge in [0.25, 0.3) is 5.91 Å². The highest BCUT2D eigenvalue weighted by Crippen LogP contribution is 2.42. The molecule has 0 bridgehead atoms. The summed E-state index contributed by atoms with van der Waals surface area (Å²) in [6.07, 6.45) is 3.31. The molecule has 0 atom stereocenters. The number of nitrogens with one attached hydrogen (secondary N) is 1. The van der Waals surface area contributed by atoms with Gasteiger partial charge in [0.2, 0.25) is 0 Å². The third-order valence-corrected chi connectivity index (χ3v) is 2.87. The van der Waals surface area contributed by atoms with Crippen molar-refractivity contribution in [3.63, 3.8) is 0 Å². The minimum absolute atomic E-state index is 0.0313. The number of amides is 1. The molecular weight excluding hydrogens is 200 g/mol. The Bertz CT molecular complexity index is 397. The van der Waals surface area contributed by atoms with E-state index in [2.05, 4.69) is 5.32 Å². The van der Waals surface area contributed by atoms with Gasteiger partial charge >= 0.3 is 0 Å². The first-order chi connectivity index (χ1) is 7.72. The molecule has 3 N–H and O–H groups in total. The predicted molar refractivity (Wildman–Crippen MR) is 65.5 cm³/mol. The average Bonchev–Trinajstić information content (AvgIpc) is 3.09. The molecule has 0 spiro atoms. The van der Waals surface area contributed by atoms with Crippen molar-refractivity contribution in [2.24, 2.45) is 0 Å². The smallest absolute Gasteiger partial charge is 0.251 e. The van der Waals surface area contributed by atoms with Crippen LogP contribution >= 0.6 is 0 Å². The maximum absolute atomic E-state index is 11.9. The summed E-state index contributed by atoms with van der Waals surface area (Å²) in [4.78, 5) is 11.9. The van der Waals surface area contributed by atoms with Gasteiger partial charge in [-0.05, 0) is 48.9 Å². The Kier molecular flexibility index (Phi) is 3.13. The van der Waals surface area contributed by atoms with Gasteiger partial charge in [0.05, 0.1) is 0 Å². The Morgan fingerprint density at radius 3 is 2.88 bits per heavy atom. The van der Waals surface area contributed by atoms with Crippen LogP contribution in [0.5, 0.6) is 0 Å². The molecule has 16 heavy (non-hydrogen) atoms. The zero-order chi connectivity index (χ0) is 11.5. The van der Waals surface area contributed by atoms with Crippen LogP contribution in [0.25, 0.3) is 0 Å². The quantitative estimate of drug-likeness (QED) is 0.762. The third-order valence-electron chi connectivity index (χ3n) is 2.87. The van der Waals surface area contributed by atoms with Crippen molar-refractivity contribution in [1.82, 2.24) is 5.32 Å². The fourth-order valence-corrected chi connectivity index (χ4v) is 1.85. The van der Waals surface area contributed by atoms with Gasteiger partial charge in [0.15, 0.2) is 0 Å². The molecule has 86 valence electrons. The van der Waals surface area contributed by atoms with Gasteiger partial charge in [-0.15, -0.1) is 0 Å². The molecule has 0 aromatic heterocycles. The van der Waals surface area contributed by atoms with Crippen molar-refractivity contribution in [1.29, 1.82) is 0 Å². The molecule has 1 fully saturated rings. The monoisotopic (exact) mass is 218 g/mol. The molecule has 1 aliphatic rings. The SMILES string of the molecule is CCCNC(=O)c1ccc(N)cc1C1CC1. The number of benzene rings is 1. The minimum Gasteiger partial charge on any atom is -0.399 e. The van der Waals surface area contributed by atoms with Crippen molar-refractivity contribution in [2.45, 2.75) is 32.1 Å². The van der Waals surface area contributed by atoms with Crippen molar-refractivity contribution in [2.75, 3.05) is 12.3 Å². The lowest BCUT2D eigenvalue weighted by molar-refractivity contribution is 0.0952. The van der Waals surface area contributed by atoms with Gasteiger partial charge in [0.1, 0.15) is 0 Å². The summed E-state index contributed by atoms with van der Waals surface area (Å²) < 4.78 is 0. The fourth-order valence-electron chi connectivity index (χ4n) is 1.85. The summed E-state index contributed by atoms with van der Waals surface area (Å²) in [5, 5.41) is 2.91. The van der Waals surface area contributed by atoms with Crippen LogP contribution < -0.4 is 11.1 Å². The summed E-state index contributed by atoms with van der Waals surface area (Å²) in [7, 11) is 0. The summed E-state index contributed by atoms with van der Waals surface area (Å²) in [6.45, 7) is 2.78. The number of anilines is 1. The van der Waals surface area contributed by atoms with Crippen LogP contribution in [0.15, 0.2) is 18.2 Å². The molecule has 3 nitrogen and oxygen atoms in total. The zero-order valence-electron chi connectivity index (χ0n) is 9.62. The van der Waals surface area contributed by atoms with Gasteiger partial charge in [-0.2, -0.15) is 0 Å². The molecule has 0 saturated heterocycles. The molecule has 0 unspecified atom stereocenters. The van der Waals surface area contributed by atoms with Crippen LogP contribution in [0.3, 0.4) is 0 Å². The first kappa shape index (κ1) is 11.0. The minimum atomic E-state index is 0.0313. The summed E-state index contributed by atoms with van der Waals surface area (Å²) in [5.74, 6) is 0.578. The number of carbonyl (C=O) groups excluding carboxylic acids is 1. The Labute approximate surface area is 96.0 Å². The van der Waals surface area contributed by atoms with Crippen molar-refractivity contribution in [3.05, 3.63) is 29.3 Å². The second-order valence-corrected chi connectivity index (χ2v) is 4.38. The maximum Gasteiger partial charge on any atom is 0.251 e. The first-order valence-corrected chi connectivity index (χ1v) is 5.90. The van der Waals surface area contributed by atoms with Crippen LogP contribution in [-0.4, -0.2) is 12.5 Å². The summed E-state index contributed by atoms with van der Waals surface area (Å²) in [5.41, 5.74) is 8.42. The normalized spacial score (nSPS) is 14.8. The van der Waals surface area contributed by atoms with E-state index in [0.717, 1.165) is 29.8 Å². The van der Waals surface area contributed by atoms with Crippen LogP contribution in [0, 0.1) is 0 Å². The topological polar surface area (TPSA) is 55.1 Å². The van der Waals surface area contributed by atoms with E-state index < -0.39 is 0 Å². The van der Waals surface area contributed by atoms with E-state index in [4.69, 9.17) is 5.73 Å². The molecule has 1 amide bonds. The van der Waals surface area contributed by atoms with E-state index in [-0.39, 0.29) is 5.91 Å². The molecular formula is C13H18N2O. The van der Waals surface area contributed by atoms with Gasteiger partial charge in [-0.3, -0.25) is 4.79 Å². The molecule has 1 aliphatic carbocycles. The highest BCUT2D eigenvalue weighted by Gasteiger charge is 2.27. The predicted octanol–water partition coefficient (Wildman–Crippen LogP) is 2.29. The number of nitrogens with two attached hydrogens (primary N) is 1. The van der Waals surface area contributed by atoms with Gasteiger partial charge < -0.3 is 11.1 Å². The van der Waals surface area contributed by atoms with E-state index in [1.807, 2.05) is 19.1 Å². The first-order valence-electron chi connectivity index (χ1n) is 5.90. The summed E-state index contributed by atoms with van der Waals surface area (Å²) >= 11 is 0. The molecule has 0 heterocycles. The lowest BCUT2D eigenvalue weighted by Gasteiger charge is -2.09. The van der Waals surface area contributed by atoms with Crippen LogP contribution in [0.1, 0.15) is 48.0 Å². The molecule has 3 heteroatoms. The van der Waals surface area contributed by atoms with Crippen molar-refractivity contribution < 1.29 is 4.79 Å². The number of nitrogen functional groups attached to an aromatic ring is 1. The third kappa shape index (κ3) is 2.35. The summed E-state index contributed by atoms with van der Waals surface area (Å²) in [6, 6.07) is 5.58. The Morgan fingerprint density at radius 2 is 2.25 bits per heavy atom. The van der Waals surface area contributed by atoms with E-state index in [9.17, 15) is 4.79 Å². The van der Waals surface area contributed by atoms with Crippen LogP contribution in [0.2, 0.25) is 0 Å². The Balaban J connectivity index is 2.21. The van der Waals surface area contributed by atoms with Crippen LogP contribution in [-0.2, 0) is 0 Å². The second kappa shape index (κ2) is 4.56. The second-order valence-electron chi connectivity index (χ2n) is 4.38. The van der Waals surface area contributed by atoms with Gasteiger partial charge in [-0.1, -0.05) is 6.92 Å². The molecule has 0 radical (unpaired) electrons. The molecule has 1 aromatic rings. The zero-order valence-corrected chi connectivity index (χ0v) is 9.62.